The van der Waals surface area contributed by atoms with Gasteiger partial charge in [-0.3, -0.25) is 4.79 Å². The Hall–Kier alpha value is -1.39. The maximum absolute atomic E-state index is 11.7. The molecule has 1 amide bonds. The molecule has 0 fully saturated rings. The fourth-order valence-electron chi connectivity index (χ4n) is 2.35. The Morgan fingerprint density at radius 2 is 1.84 bits per heavy atom. The fraction of sp³-hybridized carbons (Fsp3) is 0.533. The first kappa shape index (κ1) is 15.7. The fourth-order valence-corrected chi connectivity index (χ4v) is 2.35. The quantitative estimate of drug-likeness (QED) is 0.831. The molecule has 0 saturated carbocycles. The van der Waals surface area contributed by atoms with E-state index in [4.69, 9.17) is 5.73 Å². The standard InChI is InChI=1S/C15H24N2O2/c1-10-7-11(2)13(12(3)8-10)5-6-17(4)15(19)14(18)9-16/h7-8,14,18H,5-6,9,16H2,1-4H3. The average molecular weight is 264 g/mol. The third-order valence-electron chi connectivity index (χ3n) is 3.42. The molecule has 0 radical (unpaired) electrons. The number of hydrogen-bond acceptors (Lipinski definition) is 3. The van der Waals surface area contributed by atoms with Gasteiger partial charge in [-0.2, -0.15) is 0 Å². The Labute approximate surface area is 115 Å². The normalized spacial score (nSPS) is 12.3. The predicted molar refractivity (Wildman–Crippen MR) is 77.1 cm³/mol. The van der Waals surface area contributed by atoms with E-state index in [1.165, 1.54) is 27.2 Å². The van der Waals surface area contributed by atoms with E-state index in [1.807, 2.05) is 0 Å². The molecule has 19 heavy (non-hydrogen) atoms. The lowest BCUT2D eigenvalue weighted by molar-refractivity contribution is -0.138. The molecule has 4 nitrogen and oxygen atoms in total. The van der Waals surface area contributed by atoms with E-state index < -0.39 is 6.10 Å². The minimum atomic E-state index is -1.09. The van der Waals surface area contributed by atoms with Crippen molar-refractivity contribution in [2.75, 3.05) is 20.1 Å². The number of hydrogen-bond donors (Lipinski definition) is 2. The molecule has 1 atom stereocenters. The maximum Gasteiger partial charge on any atom is 0.252 e. The molecule has 0 heterocycles. The van der Waals surface area contributed by atoms with Crippen LogP contribution in [0, 0.1) is 20.8 Å². The van der Waals surface area contributed by atoms with Gasteiger partial charge < -0.3 is 15.7 Å². The van der Waals surface area contributed by atoms with Crippen LogP contribution in [0.25, 0.3) is 0 Å². The first-order chi connectivity index (χ1) is 8.86. The highest BCUT2D eigenvalue weighted by Gasteiger charge is 2.17. The van der Waals surface area contributed by atoms with Gasteiger partial charge in [0.25, 0.3) is 5.91 Å². The van der Waals surface area contributed by atoms with Crippen molar-refractivity contribution >= 4 is 5.91 Å². The smallest absolute Gasteiger partial charge is 0.252 e. The molecular formula is C15H24N2O2. The number of carbonyl (C=O) groups excluding carboxylic acids is 1. The minimum absolute atomic E-state index is 0.0360. The van der Waals surface area contributed by atoms with Gasteiger partial charge in [0.15, 0.2) is 0 Å². The summed E-state index contributed by atoms with van der Waals surface area (Å²) in [6, 6.07) is 4.30. The lowest BCUT2D eigenvalue weighted by Crippen LogP contribution is -2.41. The zero-order valence-corrected chi connectivity index (χ0v) is 12.2. The number of aliphatic hydroxyl groups is 1. The van der Waals surface area contributed by atoms with E-state index in [2.05, 4.69) is 32.9 Å². The van der Waals surface area contributed by atoms with Crippen molar-refractivity contribution in [1.29, 1.82) is 0 Å². The second-order valence-corrected chi connectivity index (χ2v) is 5.14. The van der Waals surface area contributed by atoms with E-state index in [-0.39, 0.29) is 12.5 Å². The zero-order valence-electron chi connectivity index (χ0n) is 12.2. The molecule has 0 aromatic heterocycles. The summed E-state index contributed by atoms with van der Waals surface area (Å²) in [6.07, 6.45) is -0.303. The van der Waals surface area contributed by atoms with Crippen LogP contribution in [-0.2, 0) is 11.2 Å². The Bertz CT molecular complexity index is 434. The highest BCUT2D eigenvalue weighted by Crippen LogP contribution is 2.17. The van der Waals surface area contributed by atoms with Crippen molar-refractivity contribution < 1.29 is 9.90 Å². The van der Waals surface area contributed by atoms with Crippen molar-refractivity contribution in [3.05, 3.63) is 34.4 Å². The molecule has 0 aliphatic rings. The van der Waals surface area contributed by atoms with Gasteiger partial charge in [-0.1, -0.05) is 17.7 Å². The molecule has 106 valence electrons. The molecule has 0 aliphatic carbocycles. The molecule has 0 aliphatic heterocycles. The van der Waals surface area contributed by atoms with Crippen LogP contribution in [0.4, 0.5) is 0 Å². The third kappa shape index (κ3) is 4.04. The molecule has 0 spiro atoms. The summed E-state index contributed by atoms with van der Waals surface area (Å²) in [7, 11) is 1.69. The van der Waals surface area contributed by atoms with Gasteiger partial charge in [-0.25, -0.2) is 0 Å². The van der Waals surface area contributed by atoms with E-state index in [9.17, 15) is 9.90 Å². The zero-order chi connectivity index (χ0) is 14.6. The average Bonchev–Trinajstić information content (AvgIpc) is 2.35. The van der Waals surface area contributed by atoms with Crippen molar-refractivity contribution in [3.8, 4) is 0 Å². The van der Waals surface area contributed by atoms with Crippen LogP contribution in [0.1, 0.15) is 22.3 Å². The van der Waals surface area contributed by atoms with Crippen molar-refractivity contribution in [1.82, 2.24) is 4.90 Å². The molecule has 1 unspecified atom stereocenters. The van der Waals surface area contributed by atoms with Crippen LogP contribution >= 0.6 is 0 Å². The van der Waals surface area contributed by atoms with Crippen molar-refractivity contribution in [2.45, 2.75) is 33.3 Å². The summed E-state index contributed by atoms with van der Waals surface area (Å²) < 4.78 is 0. The van der Waals surface area contributed by atoms with Crippen molar-refractivity contribution in [3.63, 3.8) is 0 Å². The Morgan fingerprint density at radius 1 is 1.32 bits per heavy atom. The van der Waals surface area contributed by atoms with E-state index >= 15 is 0 Å². The van der Waals surface area contributed by atoms with Crippen LogP contribution < -0.4 is 5.73 Å². The van der Waals surface area contributed by atoms with Gasteiger partial charge in [0.1, 0.15) is 6.10 Å². The minimum Gasteiger partial charge on any atom is -0.382 e. The SMILES string of the molecule is Cc1cc(C)c(CCN(C)C(=O)C(O)CN)c(C)c1. The number of nitrogens with two attached hydrogens (primary N) is 1. The summed E-state index contributed by atoms with van der Waals surface area (Å²) in [5.74, 6) is -0.315. The highest BCUT2D eigenvalue weighted by molar-refractivity contribution is 5.80. The summed E-state index contributed by atoms with van der Waals surface area (Å²) in [5.41, 5.74) is 10.3. The third-order valence-corrected chi connectivity index (χ3v) is 3.42. The van der Waals surface area contributed by atoms with Crippen molar-refractivity contribution in [2.24, 2.45) is 5.73 Å². The molecule has 0 saturated heterocycles. The van der Waals surface area contributed by atoms with Crippen LogP contribution in [0.3, 0.4) is 0 Å². The number of rotatable bonds is 5. The van der Waals surface area contributed by atoms with Crippen LogP contribution in [0.2, 0.25) is 0 Å². The largest absolute Gasteiger partial charge is 0.382 e. The maximum atomic E-state index is 11.7. The van der Waals surface area contributed by atoms with Gasteiger partial charge in [-0.15, -0.1) is 0 Å². The van der Waals surface area contributed by atoms with E-state index in [0.29, 0.717) is 6.54 Å². The van der Waals surface area contributed by atoms with Crippen LogP contribution in [0.5, 0.6) is 0 Å². The Balaban J connectivity index is 2.70. The first-order valence-corrected chi connectivity index (χ1v) is 6.56. The van der Waals surface area contributed by atoms with Gasteiger partial charge >= 0.3 is 0 Å². The van der Waals surface area contributed by atoms with Gasteiger partial charge in [0.2, 0.25) is 0 Å². The van der Waals surface area contributed by atoms with E-state index in [0.717, 1.165) is 6.42 Å². The second-order valence-electron chi connectivity index (χ2n) is 5.14. The summed E-state index contributed by atoms with van der Waals surface area (Å²) in [4.78, 5) is 13.3. The molecule has 1 rings (SSSR count). The first-order valence-electron chi connectivity index (χ1n) is 6.56. The Kier molecular flexibility index (Phi) is 5.51. The number of benzene rings is 1. The number of amides is 1. The monoisotopic (exact) mass is 264 g/mol. The van der Waals surface area contributed by atoms with Gasteiger partial charge in [-0.05, 0) is 43.9 Å². The Morgan fingerprint density at radius 3 is 2.32 bits per heavy atom. The molecular weight excluding hydrogens is 240 g/mol. The lowest BCUT2D eigenvalue weighted by Gasteiger charge is -2.21. The molecule has 1 aromatic rings. The van der Waals surface area contributed by atoms with Gasteiger partial charge in [0, 0.05) is 20.1 Å². The number of aliphatic hydroxyl groups excluding tert-OH is 1. The van der Waals surface area contributed by atoms with Crippen LogP contribution in [0.15, 0.2) is 12.1 Å². The highest BCUT2D eigenvalue weighted by atomic mass is 16.3. The number of likely N-dealkylation sites (N-methyl/N-ethyl adjacent to an activating group) is 1. The van der Waals surface area contributed by atoms with Crippen LogP contribution in [-0.4, -0.2) is 42.2 Å². The second kappa shape index (κ2) is 6.68. The van der Waals surface area contributed by atoms with Gasteiger partial charge in [0.05, 0.1) is 0 Å². The summed E-state index contributed by atoms with van der Waals surface area (Å²) >= 11 is 0. The van der Waals surface area contributed by atoms with E-state index in [1.54, 1.807) is 7.05 Å². The number of aryl methyl sites for hydroxylation is 3. The topological polar surface area (TPSA) is 66.6 Å². The number of nitrogens with zero attached hydrogens (tertiary/aromatic N) is 1. The molecule has 1 aromatic carbocycles. The molecule has 4 heteroatoms. The predicted octanol–water partition coefficient (Wildman–Crippen LogP) is 0.932. The lowest BCUT2D eigenvalue weighted by atomic mass is 9.97. The summed E-state index contributed by atoms with van der Waals surface area (Å²) in [5, 5.41) is 9.42. The molecule has 0 bridgehead atoms. The molecule has 3 N–H and O–H groups in total. The summed E-state index contributed by atoms with van der Waals surface area (Å²) in [6.45, 7) is 6.81. The number of carbonyl (C=O) groups is 1.